The van der Waals surface area contributed by atoms with E-state index in [1.165, 1.54) is 70.4 Å². The maximum absolute atomic E-state index is 13.7. The van der Waals surface area contributed by atoms with Gasteiger partial charge in [0, 0.05) is 35.3 Å². The van der Waals surface area contributed by atoms with E-state index in [1.807, 2.05) is 25.1 Å². The summed E-state index contributed by atoms with van der Waals surface area (Å²) in [6.45, 7) is 2.99. The van der Waals surface area contributed by atoms with Crippen molar-refractivity contribution in [2.24, 2.45) is 11.0 Å². The summed E-state index contributed by atoms with van der Waals surface area (Å²) in [5.41, 5.74) is 1.40. The Labute approximate surface area is 243 Å². The Bertz CT molecular complexity index is 1710. The monoisotopic (exact) mass is 641 g/mol. The third kappa shape index (κ3) is 5.97. The van der Waals surface area contributed by atoms with Crippen LogP contribution in [0.4, 0.5) is 10.8 Å². The van der Waals surface area contributed by atoms with Gasteiger partial charge in [0.15, 0.2) is 0 Å². The number of sulfonamides is 1. The molecular weight excluding hydrogens is 618 g/mol. The molecule has 1 fully saturated rings. The van der Waals surface area contributed by atoms with Crippen LogP contribution >= 0.6 is 27.3 Å². The molecule has 0 aliphatic carbocycles. The zero-order valence-electron chi connectivity index (χ0n) is 21.3. The Morgan fingerprint density at radius 1 is 1.18 bits per heavy atom. The molecule has 1 aliphatic rings. The molecule has 1 unspecified atom stereocenters. The van der Waals surface area contributed by atoms with Gasteiger partial charge in [-0.1, -0.05) is 34.2 Å². The highest BCUT2D eigenvalue weighted by Crippen LogP contribution is 2.32. The van der Waals surface area contributed by atoms with Crippen LogP contribution in [-0.4, -0.2) is 47.8 Å². The number of carbonyl (C=O) groups is 1. The number of benzene rings is 3. The van der Waals surface area contributed by atoms with E-state index in [0.29, 0.717) is 35.2 Å². The first-order valence-electron chi connectivity index (χ1n) is 12.4. The third-order valence-electron chi connectivity index (χ3n) is 6.50. The third-order valence-corrected chi connectivity index (χ3v) is 9.86. The number of thiazole rings is 1. The minimum Gasteiger partial charge on any atom is -0.267 e. The summed E-state index contributed by atoms with van der Waals surface area (Å²) < 4.78 is 29.5. The Morgan fingerprint density at radius 3 is 2.58 bits per heavy atom. The number of anilines is 1. The number of hydrazone groups is 1. The smallest absolute Gasteiger partial charge is 0.267 e. The number of hydrogen-bond donors (Lipinski definition) is 0. The molecule has 0 spiro atoms. The van der Waals surface area contributed by atoms with Crippen molar-refractivity contribution < 1.29 is 18.1 Å². The van der Waals surface area contributed by atoms with Gasteiger partial charge in [-0.05, 0) is 78.9 Å². The van der Waals surface area contributed by atoms with Gasteiger partial charge in [-0.3, -0.25) is 14.9 Å². The Hall–Kier alpha value is -3.52. The van der Waals surface area contributed by atoms with Crippen molar-refractivity contribution in [2.75, 3.05) is 18.1 Å². The molecule has 0 bridgehead atoms. The second kappa shape index (κ2) is 11.5. The van der Waals surface area contributed by atoms with Crippen molar-refractivity contribution in [1.29, 1.82) is 0 Å². The predicted octanol–water partition coefficient (Wildman–Crippen LogP) is 6.07. The van der Waals surface area contributed by atoms with Gasteiger partial charge in [-0.25, -0.2) is 13.4 Å². The highest BCUT2D eigenvalue weighted by molar-refractivity contribution is 9.10. The number of carbonyl (C=O) groups excluding carboxylic acids is 1. The fourth-order valence-electron chi connectivity index (χ4n) is 4.38. The maximum atomic E-state index is 13.7. The number of non-ortho nitro benzene ring substituents is 1. The Balaban J connectivity index is 1.46. The fraction of sp³-hybridized carbons (Fsp3) is 0.222. The topological polar surface area (TPSA) is 126 Å². The van der Waals surface area contributed by atoms with Crippen LogP contribution in [0.5, 0.6) is 0 Å². The van der Waals surface area contributed by atoms with Crippen molar-refractivity contribution >= 4 is 70.4 Å². The lowest BCUT2D eigenvalue weighted by Crippen LogP contribution is -2.39. The molecule has 1 saturated heterocycles. The van der Waals surface area contributed by atoms with E-state index in [9.17, 15) is 23.3 Å². The molecule has 5 rings (SSSR count). The molecule has 1 aromatic heterocycles. The summed E-state index contributed by atoms with van der Waals surface area (Å²) in [7, 11) is -3.67. The average molecular weight is 643 g/mol. The summed E-state index contributed by atoms with van der Waals surface area (Å²) in [5.74, 6) is -0.215. The van der Waals surface area contributed by atoms with Crippen LogP contribution in [0.25, 0.3) is 10.2 Å². The number of nitro benzene ring substituents is 1. The highest BCUT2D eigenvalue weighted by Gasteiger charge is 2.29. The molecule has 4 aromatic rings. The van der Waals surface area contributed by atoms with E-state index in [4.69, 9.17) is 0 Å². The number of nitrogens with zero attached hydrogens (tertiary/aromatic N) is 5. The number of hydrogen-bond acceptors (Lipinski definition) is 8. The first-order valence-corrected chi connectivity index (χ1v) is 15.5. The first-order chi connectivity index (χ1) is 19.1. The summed E-state index contributed by atoms with van der Waals surface area (Å²) in [6, 6.07) is 17.1. The van der Waals surface area contributed by atoms with Crippen molar-refractivity contribution in [1.82, 2.24) is 9.29 Å². The second-order valence-electron chi connectivity index (χ2n) is 9.45. The molecule has 10 nitrogen and oxygen atoms in total. The fourth-order valence-corrected chi connectivity index (χ4v) is 7.45. The van der Waals surface area contributed by atoms with Gasteiger partial charge in [0.25, 0.3) is 11.6 Å². The van der Waals surface area contributed by atoms with Crippen LogP contribution in [0.15, 0.2) is 81.2 Å². The second-order valence-corrected chi connectivity index (χ2v) is 13.3. The minimum absolute atomic E-state index is 0.0594. The van der Waals surface area contributed by atoms with Gasteiger partial charge in [0.1, 0.15) is 0 Å². The number of fused-ring (bicyclic) bond motifs is 1. The van der Waals surface area contributed by atoms with Crippen molar-refractivity contribution in [3.8, 4) is 0 Å². The number of piperidine rings is 1. The molecule has 3 aromatic carbocycles. The summed E-state index contributed by atoms with van der Waals surface area (Å²) in [4.78, 5) is 28.9. The molecule has 0 radical (unpaired) electrons. The number of nitro groups is 1. The van der Waals surface area contributed by atoms with Crippen molar-refractivity contribution in [3.05, 3.63) is 92.4 Å². The molecule has 2 heterocycles. The minimum atomic E-state index is -3.67. The lowest BCUT2D eigenvalue weighted by atomic mass is 10.0. The average Bonchev–Trinajstić information content (AvgIpc) is 3.36. The van der Waals surface area contributed by atoms with Crippen LogP contribution in [0.2, 0.25) is 0 Å². The molecule has 206 valence electrons. The normalized spacial score (nSPS) is 16.4. The van der Waals surface area contributed by atoms with E-state index >= 15 is 0 Å². The van der Waals surface area contributed by atoms with Crippen LogP contribution in [-0.2, 0) is 10.0 Å². The number of rotatable bonds is 7. The maximum Gasteiger partial charge on any atom is 0.280 e. The van der Waals surface area contributed by atoms with Crippen LogP contribution in [0.3, 0.4) is 0 Å². The summed E-state index contributed by atoms with van der Waals surface area (Å²) in [5, 5.41) is 16.8. The lowest BCUT2D eigenvalue weighted by molar-refractivity contribution is -0.384. The Morgan fingerprint density at radius 2 is 1.90 bits per heavy atom. The Kier molecular flexibility index (Phi) is 8.08. The quantitative estimate of drug-likeness (QED) is 0.137. The first kappa shape index (κ1) is 28.0. The largest absolute Gasteiger partial charge is 0.280 e. The SMILES string of the molecule is CC1CCCN(S(=O)(=O)c2ccc(C(=O)N(/N=C/c3ccc([N+](=O)[O-])cc3)c3nc4ccc(Br)cc4s3)cc2)C1. The van der Waals surface area contributed by atoms with E-state index < -0.39 is 20.9 Å². The standard InChI is InChI=1S/C27H24BrN5O5S2/c1-18-3-2-14-31(17-18)40(37,38)23-11-6-20(7-12-23)26(34)32(27-30-24-13-8-21(28)15-25(24)39-27)29-16-19-4-9-22(10-5-19)33(35)36/h4-13,15-16,18H,2-3,14,17H2,1H3/b29-16+. The van der Waals surface area contributed by atoms with Gasteiger partial charge < -0.3 is 0 Å². The molecule has 40 heavy (non-hydrogen) atoms. The number of aromatic nitrogens is 1. The van der Waals surface area contributed by atoms with Crippen LogP contribution in [0, 0.1) is 16.0 Å². The van der Waals surface area contributed by atoms with Gasteiger partial charge in [0.2, 0.25) is 15.2 Å². The van der Waals surface area contributed by atoms with Gasteiger partial charge in [0.05, 0.1) is 26.3 Å². The zero-order chi connectivity index (χ0) is 28.4. The molecule has 0 N–H and O–H groups in total. The molecule has 1 aliphatic heterocycles. The summed E-state index contributed by atoms with van der Waals surface area (Å²) >= 11 is 4.71. The zero-order valence-corrected chi connectivity index (χ0v) is 24.5. The van der Waals surface area contributed by atoms with E-state index in [1.54, 1.807) is 0 Å². The van der Waals surface area contributed by atoms with Gasteiger partial charge in [-0.2, -0.15) is 14.4 Å². The van der Waals surface area contributed by atoms with E-state index in [0.717, 1.165) is 27.0 Å². The van der Waals surface area contributed by atoms with Gasteiger partial charge >= 0.3 is 0 Å². The van der Waals surface area contributed by atoms with Gasteiger partial charge in [-0.15, -0.1) is 0 Å². The molecule has 1 amide bonds. The van der Waals surface area contributed by atoms with E-state index in [2.05, 4.69) is 26.0 Å². The number of halogens is 1. The summed E-state index contributed by atoms with van der Waals surface area (Å²) in [6.07, 6.45) is 3.23. The van der Waals surface area contributed by atoms with E-state index in [-0.39, 0.29) is 16.1 Å². The molecule has 0 saturated carbocycles. The van der Waals surface area contributed by atoms with Crippen molar-refractivity contribution in [2.45, 2.75) is 24.7 Å². The highest BCUT2D eigenvalue weighted by atomic mass is 79.9. The van der Waals surface area contributed by atoms with Crippen molar-refractivity contribution in [3.63, 3.8) is 0 Å². The molecular formula is C27H24BrN5O5S2. The lowest BCUT2D eigenvalue weighted by Gasteiger charge is -2.30. The van der Waals surface area contributed by atoms with Crippen LogP contribution < -0.4 is 5.01 Å². The molecule has 13 heteroatoms. The molecule has 1 atom stereocenters. The predicted molar refractivity (Wildman–Crippen MR) is 158 cm³/mol. The number of amides is 1. The van der Waals surface area contributed by atoms with Crippen LogP contribution in [0.1, 0.15) is 35.7 Å².